The molecule has 0 bridgehead atoms. The van der Waals surface area contributed by atoms with Gasteiger partial charge in [0.05, 0.1) is 5.02 Å². The number of hydrogen-bond acceptors (Lipinski definition) is 3. The van der Waals surface area contributed by atoms with Gasteiger partial charge in [0.2, 0.25) is 0 Å². The molecule has 21 heavy (non-hydrogen) atoms. The average molecular weight is 370 g/mol. The second-order valence-electron chi connectivity index (χ2n) is 5.04. The molecule has 1 aromatic heterocycles. The summed E-state index contributed by atoms with van der Waals surface area (Å²) in [7, 11) is 0. The van der Waals surface area contributed by atoms with Crippen molar-refractivity contribution in [3.8, 4) is 5.75 Å². The fourth-order valence-electron chi connectivity index (χ4n) is 1.77. The van der Waals surface area contributed by atoms with Gasteiger partial charge in [-0.25, -0.2) is 0 Å². The van der Waals surface area contributed by atoms with Gasteiger partial charge >= 0.3 is 0 Å². The lowest BCUT2D eigenvalue weighted by Crippen LogP contribution is -2.22. The fourth-order valence-corrected chi connectivity index (χ4v) is 2.33. The zero-order valence-corrected chi connectivity index (χ0v) is 14.4. The lowest BCUT2D eigenvalue weighted by molar-refractivity contribution is 0.305. The number of hydrogen-bond donors (Lipinski definition) is 1. The summed E-state index contributed by atoms with van der Waals surface area (Å²) in [5, 5.41) is 4.02. The Hall–Kier alpha value is -1.10. The van der Waals surface area contributed by atoms with Crippen LogP contribution in [-0.4, -0.2) is 11.0 Å². The molecular formula is C16H18BrClN2O. The molecule has 0 aliphatic heterocycles. The third kappa shape index (κ3) is 4.99. The Balaban J connectivity index is 2.03. The van der Waals surface area contributed by atoms with Gasteiger partial charge in [-0.3, -0.25) is 4.98 Å². The zero-order valence-electron chi connectivity index (χ0n) is 12.1. The van der Waals surface area contributed by atoms with Crippen LogP contribution in [0.25, 0.3) is 0 Å². The van der Waals surface area contributed by atoms with Crippen molar-refractivity contribution in [1.82, 2.24) is 10.3 Å². The van der Waals surface area contributed by atoms with Crippen molar-refractivity contribution in [3.63, 3.8) is 0 Å². The maximum Gasteiger partial charge on any atom is 0.120 e. The molecule has 0 aliphatic rings. The first-order valence-electron chi connectivity index (χ1n) is 6.79. The molecule has 2 aromatic rings. The normalized spacial score (nSPS) is 10.9. The van der Waals surface area contributed by atoms with Crippen LogP contribution in [-0.2, 0) is 13.2 Å². The minimum absolute atomic E-state index is 0.431. The maximum absolute atomic E-state index is 6.07. The Labute approximate surface area is 138 Å². The average Bonchev–Trinajstić information content (AvgIpc) is 2.46. The molecule has 0 saturated heterocycles. The highest BCUT2D eigenvalue weighted by molar-refractivity contribution is 9.10. The SMILES string of the molecule is CC(C)NCc1cc(OCc2ccncc2Cl)ccc1Br. The van der Waals surface area contributed by atoms with Crippen LogP contribution in [0.2, 0.25) is 5.02 Å². The number of benzene rings is 1. The number of nitrogens with zero attached hydrogens (tertiary/aromatic N) is 1. The molecule has 112 valence electrons. The molecule has 5 heteroatoms. The van der Waals surface area contributed by atoms with E-state index in [-0.39, 0.29) is 0 Å². The molecule has 0 radical (unpaired) electrons. The minimum Gasteiger partial charge on any atom is -0.489 e. The van der Waals surface area contributed by atoms with E-state index in [1.54, 1.807) is 12.4 Å². The molecular weight excluding hydrogens is 352 g/mol. The summed E-state index contributed by atoms with van der Waals surface area (Å²) in [5.41, 5.74) is 2.10. The number of aromatic nitrogens is 1. The monoisotopic (exact) mass is 368 g/mol. The Morgan fingerprint density at radius 1 is 1.29 bits per heavy atom. The van der Waals surface area contributed by atoms with Gasteiger partial charge in [-0.2, -0.15) is 0 Å². The summed E-state index contributed by atoms with van der Waals surface area (Å²) in [4.78, 5) is 3.96. The van der Waals surface area contributed by atoms with Crippen molar-refractivity contribution in [2.45, 2.75) is 33.0 Å². The quantitative estimate of drug-likeness (QED) is 0.809. The zero-order chi connectivity index (χ0) is 15.2. The molecule has 1 N–H and O–H groups in total. The predicted octanol–water partition coefficient (Wildman–Crippen LogP) is 4.57. The summed E-state index contributed by atoms with van der Waals surface area (Å²) in [6, 6.07) is 8.28. The molecule has 0 aliphatic carbocycles. The summed E-state index contributed by atoms with van der Waals surface area (Å²) in [6.07, 6.45) is 3.34. The van der Waals surface area contributed by atoms with Gasteiger partial charge < -0.3 is 10.1 Å². The van der Waals surface area contributed by atoms with Crippen molar-refractivity contribution >= 4 is 27.5 Å². The van der Waals surface area contributed by atoms with Gasteiger partial charge in [0.25, 0.3) is 0 Å². The molecule has 0 atom stereocenters. The largest absolute Gasteiger partial charge is 0.489 e. The Kier molecular flexibility index (Phi) is 6.03. The van der Waals surface area contributed by atoms with E-state index in [0.717, 1.165) is 22.3 Å². The van der Waals surface area contributed by atoms with Crippen LogP contribution in [0.1, 0.15) is 25.0 Å². The molecule has 0 amide bonds. The number of pyridine rings is 1. The number of rotatable bonds is 6. The van der Waals surface area contributed by atoms with Crippen molar-refractivity contribution in [3.05, 3.63) is 57.3 Å². The number of nitrogens with one attached hydrogen (secondary N) is 1. The van der Waals surface area contributed by atoms with E-state index in [9.17, 15) is 0 Å². The smallest absolute Gasteiger partial charge is 0.120 e. The summed E-state index contributed by atoms with van der Waals surface area (Å²) >= 11 is 9.63. The van der Waals surface area contributed by atoms with E-state index < -0.39 is 0 Å². The van der Waals surface area contributed by atoms with Crippen LogP contribution in [0.3, 0.4) is 0 Å². The van der Waals surface area contributed by atoms with Gasteiger partial charge in [-0.1, -0.05) is 41.4 Å². The third-order valence-corrected chi connectivity index (χ3v) is 4.08. The highest BCUT2D eigenvalue weighted by Gasteiger charge is 2.05. The summed E-state index contributed by atoms with van der Waals surface area (Å²) in [6.45, 7) is 5.48. The molecule has 1 heterocycles. The molecule has 0 spiro atoms. The molecule has 0 fully saturated rings. The Bertz CT molecular complexity index is 605. The fraction of sp³-hybridized carbons (Fsp3) is 0.312. The predicted molar refractivity (Wildman–Crippen MR) is 89.7 cm³/mol. The lowest BCUT2D eigenvalue weighted by atomic mass is 10.2. The van der Waals surface area contributed by atoms with E-state index in [1.165, 1.54) is 5.56 Å². The third-order valence-electron chi connectivity index (χ3n) is 2.97. The molecule has 2 rings (SSSR count). The van der Waals surface area contributed by atoms with Crippen molar-refractivity contribution in [2.24, 2.45) is 0 Å². The Morgan fingerprint density at radius 2 is 2.10 bits per heavy atom. The van der Waals surface area contributed by atoms with Gasteiger partial charge in [-0.05, 0) is 29.8 Å². The van der Waals surface area contributed by atoms with Crippen molar-refractivity contribution < 1.29 is 4.74 Å². The molecule has 1 aromatic carbocycles. The first-order valence-corrected chi connectivity index (χ1v) is 7.96. The second kappa shape index (κ2) is 7.78. The van der Waals surface area contributed by atoms with E-state index in [2.05, 4.69) is 40.1 Å². The van der Waals surface area contributed by atoms with E-state index in [0.29, 0.717) is 17.7 Å². The van der Waals surface area contributed by atoms with Crippen LogP contribution in [0.15, 0.2) is 41.1 Å². The van der Waals surface area contributed by atoms with Gasteiger partial charge in [0.15, 0.2) is 0 Å². The topological polar surface area (TPSA) is 34.1 Å². The highest BCUT2D eigenvalue weighted by Crippen LogP contribution is 2.24. The summed E-state index contributed by atoms with van der Waals surface area (Å²) < 4.78 is 6.89. The van der Waals surface area contributed by atoms with E-state index in [4.69, 9.17) is 16.3 Å². The second-order valence-corrected chi connectivity index (χ2v) is 6.31. The maximum atomic E-state index is 6.07. The summed E-state index contributed by atoms with van der Waals surface area (Å²) in [5.74, 6) is 0.826. The lowest BCUT2D eigenvalue weighted by Gasteiger charge is -2.12. The number of ether oxygens (including phenoxy) is 1. The first-order chi connectivity index (χ1) is 10.1. The molecule has 0 saturated carbocycles. The van der Waals surface area contributed by atoms with Gasteiger partial charge in [-0.15, -0.1) is 0 Å². The molecule has 3 nitrogen and oxygen atoms in total. The van der Waals surface area contributed by atoms with E-state index in [1.807, 2.05) is 24.3 Å². The minimum atomic E-state index is 0.431. The number of halogens is 2. The highest BCUT2D eigenvalue weighted by atomic mass is 79.9. The van der Waals surface area contributed by atoms with Crippen LogP contribution in [0, 0.1) is 0 Å². The van der Waals surface area contributed by atoms with Gasteiger partial charge in [0, 0.05) is 35.0 Å². The standard InChI is InChI=1S/C16H18BrClN2O/c1-11(2)20-8-13-7-14(3-4-15(13)17)21-10-12-5-6-19-9-16(12)18/h3-7,9,11,20H,8,10H2,1-2H3. The van der Waals surface area contributed by atoms with Crippen LogP contribution >= 0.6 is 27.5 Å². The molecule has 0 unspecified atom stereocenters. The van der Waals surface area contributed by atoms with Crippen molar-refractivity contribution in [2.75, 3.05) is 0 Å². The van der Waals surface area contributed by atoms with Crippen LogP contribution < -0.4 is 10.1 Å². The van der Waals surface area contributed by atoms with E-state index >= 15 is 0 Å². The first kappa shape index (κ1) is 16.3. The van der Waals surface area contributed by atoms with Crippen molar-refractivity contribution in [1.29, 1.82) is 0 Å². The Morgan fingerprint density at radius 3 is 2.81 bits per heavy atom. The van der Waals surface area contributed by atoms with Gasteiger partial charge in [0.1, 0.15) is 12.4 Å². The van der Waals surface area contributed by atoms with Crippen LogP contribution in [0.4, 0.5) is 0 Å². The van der Waals surface area contributed by atoms with Crippen LogP contribution in [0.5, 0.6) is 5.75 Å².